The Balaban J connectivity index is 1.83. The van der Waals surface area contributed by atoms with Crippen LogP contribution in [0.25, 0.3) is 16.9 Å². The first-order valence-electron chi connectivity index (χ1n) is 10.0. The van der Waals surface area contributed by atoms with Crippen LogP contribution >= 0.6 is 0 Å². The van der Waals surface area contributed by atoms with Crippen molar-refractivity contribution in [2.75, 3.05) is 0 Å². The number of hydrogen-bond donors (Lipinski definition) is 0. The minimum atomic E-state index is -4.64. The standard InChI is InChI=1S/C22H23F3N4O/c1-13-7-9-16(10-8-13)17-11-19(22(23,24)25)29-20(26-17)12-18(27-29)21(30)28-14(2)5-4-6-15(28)3/h7-12,14-15H,4-6H2,1-3H3/t14-,15-/m0/s1. The van der Waals surface area contributed by atoms with Crippen LogP contribution in [0.5, 0.6) is 0 Å². The first-order chi connectivity index (χ1) is 14.1. The second kappa shape index (κ2) is 7.41. The summed E-state index contributed by atoms with van der Waals surface area (Å²) < 4.78 is 42.1. The van der Waals surface area contributed by atoms with Gasteiger partial charge in [0.05, 0.1) is 5.69 Å². The maximum Gasteiger partial charge on any atom is 0.433 e. The molecule has 1 saturated heterocycles. The fourth-order valence-electron chi connectivity index (χ4n) is 4.11. The fourth-order valence-corrected chi connectivity index (χ4v) is 4.11. The number of amides is 1. The van der Waals surface area contributed by atoms with Gasteiger partial charge in [-0.05, 0) is 46.1 Å². The van der Waals surface area contributed by atoms with Crippen molar-refractivity contribution >= 4 is 11.6 Å². The molecule has 1 fully saturated rings. The Bertz CT molecular complexity index is 1080. The lowest BCUT2D eigenvalue weighted by Gasteiger charge is -2.38. The van der Waals surface area contributed by atoms with Crippen LogP contribution in [0.2, 0.25) is 0 Å². The number of likely N-dealkylation sites (tertiary alicyclic amines) is 1. The number of piperidine rings is 1. The molecule has 30 heavy (non-hydrogen) atoms. The number of rotatable bonds is 2. The van der Waals surface area contributed by atoms with E-state index in [4.69, 9.17) is 0 Å². The molecular formula is C22H23F3N4O. The van der Waals surface area contributed by atoms with Gasteiger partial charge in [-0.3, -0.25) is 4.79 Å². The molecule has 0 spiro atoms. The van der Waals surface area contributed by atoms with Crippen LogP contribution in [0.15, 0.2) is 36.4 Å². The lowest BCUT2D eigenvalue weighted by molar-refractivity contribution is -0.142. The first kappa shape index (κ1) is 20.4. The number of carbonyl (C=O) groups excluding carboxylic acids is 1. The number of fused-ring (bicyclic) bond motifs is 1. The van der Waals surface area contributed by atoms with E-state index in [1.54, 1.807) is 17.0 Å². The molecule has 0 aliphatic carbocycles. The molecule has 1 aliphatic rings. The third kappa shape index (κ3) is 3.66. The van der Waals surface area contributed by atoms with Crippen LogP contribution < -0.4 is 0 Å². The zero-order chi connectivity index (χ0) is 21.6. The highest BCUT2D eigenvalue weighted by molar-refractivity contribution is 5.94. The Morgan fingerprint density at radius 2 is 1.70 bits per heavy atom. The summed E-state index contributed by atoms with van der Waals surface area (Å²) in [5.74, 6) is -0.356. The topological polar surface area (TPSA) is 50.5 Å². The predicted molar refractivity (Wildman–Crippen MR) is 107 cm³/mol. The molecule has 0 unspecified atom stereocenters. The molecule has 2 atom stereocenters. The highest BCUT2D eigenvalue weighted by Gasteiger charge is 2.37. The Hall–Kier alpha value is -2.90. The maximum absolute atomic E-state index is 13.8. The number of hydrogen-bond acceptors (Lipinski definition) is 3. The zero-order valence-electron chi connectivity index (χ0n) is 17.1. The highest BCUT2D eigenvalue weighted by atomic mass is 19.4. The van der Waals surface area contributed by atoms with E-state index in [1.165, 1.54) is 6.07 Å². The average molecular weight is 416 g/mol. The molecule has 0 saturated carbocycles. The quantitative estimate of drug-likeness (QED) is 0.582. The summed E-state index contributed by atoms with van der Waals surface area (Å²) in [6.45, 7) is 5.81. The van der Waals surface area contributed by atoms with Gasteiger partial charge in [0, 0.05) is 23.7 Å². The summed E-state index contributed by atoms with van der Waals surface area (Å²) in [5.41, 5.74) is 0.782. The van der Waals surface area contributed by atoms with Crippen molar-refractivity contribution in [3.8, 4) is 11.3 Å². The number of alkyl halides is 3. The van der Waals surface area contributed by atoms with Gasteiger partial charge in [0.2, 0.25) is 0 Å². The maximum atomic E-state index is 13.8. The lowest BCUT2D eigenvalue weighted by atomic mass is 9.97. The zero-order valence-corrected chi connectivity index (χ0v) is 17.1. The van der Waals surface area contributed by atoms with Gasteiger partial charge in [0.1, 0.15) is 0 Å². The molecule has 0 radical (unpaired) electrons. The van der Waals surface area contributed by atoms with Crippen molar-refractivity contribution in [1.82, 2.24) is 19.5 Å². The molecule has 3 heterocycles. The number of nitrogens with zero attached hydrogens (tertiary/aromatic N) is 4. The van der Waals surface area contributed by atoms with Gasteiger partial charge in [-0.1, -0.05) is 29.8 Å². The van der Waals surface area contributed by atoms with Crippen molar-refractivity contribution in [3.63, 3.8) is 0 Å². The van der Waals surface area contributed by atoms with Gasteiger partial charge in [-0.15, -0.1) is 0 Å². The van der Waals surface area contributed by atoms with Crippen LogP contribution in [-0.2, 0) is 6.18 Å². The largest absolute Gasteiger partial charge is 0.433 e. The lowest BCUT2D eigenvalue weighted by Crippen LogP contribution is -2.47. The number of carbonyl (C=O) groups is 1. The van der Waals surface area contributed by atoms with Crippen LogP contribution in [0.3, 0.4) is 0 Å². The van der Waals surface area contributed by atoms with Gasteiger partial charge < -0.3 is 4.90 Å². The fraction of sp³-hybridized carbons (Fsp3) is 0.409. The van der Waals surface area contributed by atoms with Gasteiger partial charge in [-0.25, -0.2) is 9.50 Å². The van der Waals surface area contributed by atoms with E-state index in [9.17, 15) is 18.0 Å². The van der Waals surface area contributed by atoms with E-state index >= 15 is 0 Å². The van der Waals surface area contributed by atoms with E-state index < -0.39 is 11.9 Å². The minimum Gasteiger partial charge on any atom is -0.332 e. The van der Waals surface area contributed by atoms with Gasteiger partial charge >= 0.3 is 6.18 Å². The Morgan fingerprint density at radius 1 is 1.07 bits per heavy atom. The summed E-state index contributed by atoms with van der Waals surface area (Å²) in [6, 6.07) is 9.46. The van der Waals surface area contributed by atoms with Gasteiger partial charge in [0.15, 0.2) is 17.0 Å². The van der Waals surface area contributed by atoms with Crippen molar-refractivity contribution in [2.24, 2.45) is 0 Å². The summed E-state index contributed by atoms with van der Waals surface area (Å²) in [6.07, 6.45) is -1.88. The third-order valence-corrected chi connectivity index (χ3v) is 5.71. The van der Waals surface area contributed by atoms with Crippen LogP contribution in [0.4, 0.5) is 13.2 Å². The Kier molecular flexibility index (Phi) is 5.03. The normalized spacial score (nSPS) is 20.0. The molecule has 158 valence electrons. The molecule has 4 rings (SSSR count). The molecule has 0 bridgehead atoms. The predicted octanol–water partition coefficient (Wildman–Crippen LogP) is 5.13. The molecule has 1 amide bonds. The minimum absolute atomic E-state index is 0.000987. The van der Waals surface area contributed by atoms with Gasteiger partial charge in [-0.2, -0.15) is 18.3 Å². The molecular weight excluding hydrogens is 393 g/mol. The molecule has 2 aromatic heterocycles. The first-order valence-corrected chi connectivity index (χ1v) is 10.0. The molecule has 1 aromatic carbocycles. The van der Waals surface area contributed by atoms with E-state index in [0.717, 1.165) is 35.4 Å². The second-order valence-corrected chi connectivity index (χ2v) is 8.03. The number of aryl methyl sites for hydroxylation is 1. The van der Waals surface area contributed by atoms with Crippen LogP contribution in [-0.4, -0.2) is 37.5 Å². The second-order valence-electron chi connectivity index (χ2n) is 8.03. The number of halogens is 3. The summed E-state index contributed by atoms with van der Waals surface area (Å²) >= 11 is 0. The van der Waals surface area contributed by atoms with Crippen molar-refractivity contribution < 1.29 is 18.0 Å². The summed E-state index contributed by atoms with van der Waals surface area (Å²) in [7, 11) is 0. The smallest absolute Gasteiger partial charge is 0.332 e. The monoisotopic (exact) mass is 416 g/mol. The Labute approximate surface area is 172 Å². The van der Waals surface area contributed by atoms with Crippen molar-refractivity contribution in [2.45, 2.75) is 58.3 Å². The SMILES string of the molecule is Cc1ccc(-c2cc(C(F)(F)F)n3nc(C(=O)N4[C@@H](C)CCC[C@@H]4C)cc3n2)cc1. The van der Waals surface area contributed by atoms with Crippen molar-refractivity contribution in [1.29, 1.82) is 0 Å². The molecule has 5 nitrogen and oxygen atoms in total. The summed E-state index contributed by atoms with van der Waals surface area (Å²) in [5, 5.41) is 4.01. The van der Waals surface area contributed by atoms with Gasteiger partial charge in [0.25, 0.3) is 5.91 Å². The highest BCUT2D eigenvalue weighted by Crippen LogP contribution is 2.33. The molecule has 1 aliphatic heterocycles. The number of benzene rings is 1. The third-order valence-electron chi connectivity index (χ3n) is 5.71. The van der Waals surface area contributed by atoms with E-state index in [2.05, 4.69) is 10.1 Å². The Morgan fingerprint density at radius 3 is 2.30 bits per heavy atom. The van der Waals surface area contributed by atoms with E-state index in [-0.39, 0.29) is 35.0 Å². The van der Waals surface area contributed by atoms with E-state index in [1.807, 2.05) is 32.9 Å². The number of aromatic nitrogens is 3. The average Bonchev–Trinajstić information content (AvgIpc) is 3.11. The summed E-state index contributed by atoms with van der Waals surface area (Å²) in [4.78, 5) is 19.2. The van der Waals surface area contributed by atoms with Crippen molar-refractivity contribution in [3.05, 3.63) is 53.3 Å². The molecule has 0 N–H and O–H groups in total. The van der Waals surface area contributed by atoms with Crippen LogP contribution in [0, 0.1) is 6.92 Å². The van der Waals surface area contributed by atoms with E-state index in [0.29, 0.717) is 5.56 Å². The molecule has 8 heteroatoms. The molecule has 3 aromatic rings. The van der Waals surface area contributed by atoms with Crippen LogP contribution in [0.1, 0.15) is 54.9 Å².